The van der Waals surface area contributed by atoms with Crippen LogP contribution in [-0.4, -0.2) is 17.0 Å². The fraction of sp³-hybridized carbons (Fsp3) is 0.300. The number of hydrogen-bond donors (Lipinski definition) is 2. The van der Waals surface area contributed by atoms with Gasteiger partial charge in [-0.2, -0.15) is 0 Å². The van der Waals surface area contributed by atoms with E-state index in [1.165, 1.54) is 6.07 Å². The van der Waals surface area contributed by atoms with Gasteiger partial charge in [0.2, 0.25) is 5.91 Å². The average Bonchev–Trinajstić information content (AvgIpc) is 3.08. The van der Waals surface area contributed by atoms with Crippen molar-refractivity contribution in [1.29, 1.82) is 0 Å². The first kappa shape index (κ1) is 16.2. The first-order valence-corrected chi connectivity index (χ1v) is 8.24. The van der Waals surface area contributed by atoms with Gasteiger partial charge >= 0.3 is 5.97 Å². The van der Waals surface area contributed by atoms with E-state index in [0.29, 0.717) is 5.69 Å². The molecule has 1 fully saturated rings. The Morgan fingerprint density at radius 1 is 1.04 bits per heavy atom. The van der Waals surface area contributed by atoms with Crippen molar-refractivity contribution in [2.45, 2.75) is 38.0 Å². The van der Waals surface area contributed by atoms with E-state index in [-0.39, 0.29) is 11.5 Å². The lowest BCUT2D eigenvalue weighted by molar-refractivity contribution is -0.121. The first-order chi connectivity index (χ1) is 11.5. The average molecular weight is 323 g/mol. The SMILES string of the molecule is Cc1ccc(C(=O)O)cc1NC(=O)C1(c2ccccc2)CCCC1. The molecule has 1 saturated carbocycles. The van der Waals surface area contributed by atoms with Gasteiger partial charge in [0, 0.05) is 5.69 Å². The summed E-state index contributed by atoms with van der Waals surface area (Å²) >= 11 is 0. The summed E-state index contributed by atoms with van der Waals surface area (Å²) in [6.45, 7) is 1.87. The maximum Gasteiger partial charge on any atom is 0.335 e. The summed E-state index contributed by atoms with van der Waals surface area (Å²) in [5.41, 5.74) is 2.12. The first-order valence-electron chi connectivity index (χ1n) is 8.24. The Morgan fingerprint density at radius 3 is 2.33 bits per heavy atom. The van der Waals surface area contributed by atoms with Crippen molar-refractivity contribution in [3.63, 3.8) is 0 Å². The molecule has 0 saturated heterocycles. The molecule has 0 atom stereocenters. The highest BCUT2D eigenvalue weighted by atomic mass is 16.4. The third kappa shape index (κ3) is 2.92. The molecule has 124 valence electrons. The van der Waals surface area contributed by atoms with Gasteiger partial charge in [0.25, 0.3) is 0 Å². The van der Waals surface area contributed by atoms with Crippen LogP contribution in [0.1, 0.15) is 47.2 Å². The molecule has 2 aromatic carbocycles. The minimum Gasteiger partial charge on any atom is -0.478 e. The van der Waals surface area contributed by atoms with Crippen LogP contribution < -0.4 is 5.32 Å². The molecule has 2 aromatic rings. The zero-order valence-electron chi connectivity index (χ0n) is 13.7. The van der Waals surface area contributed by atoms with Crippen LogP contribution in [0.2, 0.25) is 0 Å². The molecule has 0 spiro atoms. The fourth-order valence-electron chi connectivity index (χ4n) is 3.51. The van der Waals surface area contributed by atoms with Gasteiger partial charge in [0.1, 0.15) is 0 Å². The smallest absolute Gasteiger partial charge is 0.335 e. The van der Waals surface area contributed by atoms with Crippen molar-refractivity contribution in [3.8, 4) is 0 Å². The molecule has 0 unspecified atom stereocenters. The molecule has 1 aliphatic rings. The Kier molecular flexibility index (Phi) is 4.38. The molecule has 1 aliphatic carbocycles. The van der Waals surface area contributed by atoms with Crippen LogP contribution in [0.5, 0.6) is 0 Å². The van der Waals surface area contributed by atoms with Crippen molar-refractivity contribution in [2.75, 3.05) is 5.32 Å². The van der Waals surface area contributed by atoms with Crippen molar-refractivity contribution >= 4 is 17.6 Å². The van der Waals surface area contributed by atoms with E-state index in [1.807, 2.05) is 37.3 Å². The summed E-state index contributed by atoms with van der Waals surface area (Å²) < 4.78 is 0. The second-order valence-corrected chi connectivity index (χ2v) is 6.44. The molecule has 3 rings (SSSR count). The second kappa shape index (κ2) is 6.48. The zero-order chi connectivity index (χ0) is 17.2. The molecule has 0 aromatic heterocycles. The second-order valence-electron chi connectivity index (χ2n) is 6.44. The molecule has 0 radical (unpaired) electrons. The number of aromatic carboxylic acids is 1. The van der Waals surface area contributed by atoms with Gasteiger partial charge in [0.05, 0.1) is 11.0 Å². The van der Waals surface area contributed by atoms with Gasteiger partial charge in [-0.25, -0.2) is 4.79 Å². The van der Waals surface area contributed by atoms with Crippen LogP contribution in [0.15, 0.2) is 48.5 Å². The summed E-state index contributed by atoms with van der Waals surface area (Å²) in [6, 6.07) is 14.7. The molecule has 4 heteroatoms. The third-order valence-electron chi connectivity index (χ3n) is 4.95. The Bertz CT molecular complexity index is 762. The summed E-state index contributed by atoms with van der Waals surface area (Å²) in [7, 11) is 0. The largest absolute Gasteiger partial charge is 0.478 e. The standard InChI is InChI=1S/C20H21NO3/c1-14-9-10-15(18(22)23)13-17(14)21-19(24)20(11-5-6-12-20)16-7-3-2-4-8-16/h2-4,7-10,13H,5-6,11-12H2,1H3,(H,21,24)(H,22,23). The summed E-state index contributed by atoms with van der Waals surface area (Å²) in [6.07, 6.45) is 3.69. The Morgan fingerprint density at radius 2 is 1.71 bits per heavy atom. The summed E-state index contributed by atoms with van der Waals surface area (Å²) in [5.74, 6) is -1.04. The molecule has 4 nitrogen and oxygen atoms in total. The molecule has 0 bridgehead atoms. The van der Waals surface area contributed by atoms with Crippen LogP contribution >= 0.6 is 0 Å². The highest BCUT2D eigenvalue weighted by Gasteiger charge is 2.42. The van der Waals surface area contributed by atoms with E-state index in [1.54, 1.807) is 12.1 Å². The number of benzene rings is 2. The molecule has 0 heterocycles. The van der Waals surface area contributed by atoms with Crippen LogP contribution in [0.3, 0.4) is 0 Å². The van der Waals surface area contributed by atoms with Crippen LogP contribution in [0, 0.1) is 6.92 Å². The van der Waals surface area contributed by atoms with E-state index in [2.05, 4.69) is 5.32 Å². The minimum absolute atomic E-state index is 0.0446. The molecule has 0 aliphatic heterocycles. The Balaban J connectivity index is 1.93. The van der Waals surface area contributed by atoms with Gasteiger partial charge in [-0.3, -0.25) is 4.79 Å². The highest BCUT2D eigenvalue weighted by Crippen LogP contribution is 2.42. The number of rotatable bonds is 4. The van der Waals surface area contributed by atoms with Gasteiger partial charge in [-0.15, -0.1) is 0 Å². The number of aryl methyl sites for hydroxylation is 1. The number of carboxylic acids is 1. The van der Waals surface area contributed by atoms with Crippen molar-refractivity contribution in [1.82, 2.24) is 0 Å². The lowest BCUT2D eigenvalue weighted by Crippen LogP contribution is -2.38. The lowest BCUT2D eigenvalue weighted by atomic mass is 9.78. The number of nitrogens with one attached hydrogen (secondary N) is 1. The van der Waals surface area contributed by atoms with Crippen molar-refractivity contribution in [2.24, 2.45) is 0 Å². The maximum absolute atomic E-state index is 13.1. The molecule has 24 heavy (non-hydrogen) atoms. The number of anilines is 1. The van der Waals surface area contributed by atoms with Crippen molar-refractivity contribution in [3.05, 3.63) is 65.2 Å². The monoisotopic (exact) mass is 323 g/mol. The maximum atomic E-state index is 13.1. The summed E-state index contributed by atoms with van der Waals surface area (Å²) in [5, 5.41) is 12.1. The van der Waals surface area contributed by atoms with Crippen LogP contribution in [0.25, 0.3) is 0 Å². The number of amides is 1. The fourth-order valence-corrected chi connectivity index (χ4v) is 3.51. The van der Waals surface area contributed by atoms with Gasteiger partial charge in [-0.05, 0) is 43.0 Å². The lowest BCUT2D eigenvalue weighted by Gasteiger charge is -2.28. The van der Waals surface area contributed by atoms with E-state index in [0.717, 1.165) is 36.8 Å². The molecular weight excluding hydrogens is 302 g/mol. The van der Waals surface area contributed by atoms with Gasteiger partial charge < -0.3 is 10.4 Å². The Labute approximate surface area is 141 Å². The number of carbonyl (C=O) groups is 2. The molecular formula is C20H21NO3. The van der Waals surface area contributed by atoms with E-state index in [9.17, 15) is 9.59 Å². The van der Waals surface area contributed by atoms with E-state index in [4.69, 9.17) is 5.11 Å². The van der Waals surface area contributed by atoms with E-state index < -0.39 is 11.4 Å². The van der Waals surface area contributed by atoms with Gasteiger partial charge in [0.15, 0.2) is 0 Å². The number of hydrogen-bond acceptors (Lipinski definition) is 2. The van der Waals surface area contributed by atoms with Crippen molar-refractivity contribution < 1.29 is 14.7 Å². The number of carboxylic acid groups (broad SMARTS) is 1. The third-order valence-corrected chi connectivity index (χ3v) is 4.95. The zero-order valence-corrected chi connectivity index (χ0v) is 13.7. The summed E-state index contributed by atoms with van der Waals surface area (Å²) in [4.78, 5) is 24.3. The highest BCUT2D eigenvalue weighted by molar-refractivity contribution is 6.01. The quantitative estimate of drug-likeness (QED) is 0.888. The van der Waals surface area contributed by atoms with Crippen LogP contribution in [-0.2, 0) is 10.2 Å². The predicted molar refractivity (Wildman–Crippen MR) is 93.4 cm³/mol. The van der Waals surface area contributed by atoms with Gasteiger partial charge in [-0.1, -0.05) is 49.2 Å². The Hall–Kier alpha value is -2.62. The normalized spacial score (nSPS) is 15.9. The topological polar surface area (TPSA) is 66.4 Å². The van der Waals surface area contributed by atoms with Crippen LogP contribution in [0.4, 0.5) is 5.69 Å². The molecule has 1 amide bonds. The molecule has 2 N–H and O–H groups in total. The van der Waals surface area contributed by atoms with E-state index >= 15 is 0 Å². The predicted octanol–water partition coefficient (Wildman–Crippen LogP) is 4.14. The minimum atomic E-state index is -0.996. The number of carbonyl (C=O) groups excluding carboxylic acids is 1.